The van der Waals surface area contributed by atoms with Gasteiger partial charge in [-0.15, -0.1) is 0 Å². The van der Waals surface area contributed by atoms with Gasteiger partial charge < -0.3 is 11.1 Å². The Morgan fingerprint density at radius 2 is 2.22 bits per heavy atom. The highest BCUT2D eigenvalue weighted by atomic mass is 16.1. The van der Waals surface area contributed by atoms with Gasteiger partial charge in [-0.1, -0.05) is 18.6 Å². The van der Waals surface area contributed by atoms with Crippen LogP contribution in [0, 0.1) is 11.8 Å². The van der Waals surface area contributed by atoms with Gasteiger partial charge in [-0.25, -0.2) is 0 Å². The Morgan fingerprint density at radius 1 is 1.33 bits per heavy atom. The number of hydrogen-bond donors (Lipinski definition) is 2. The van der Waals surface area contributed by atoms with Gasteiger partial charge in [0.15, 0.2) is 0 Å². The highest BCUT2D eigenvalue weighted by molar-refractivity contribution is 5.79. The maximum absolute atomic E-state index is 12.0. The second-order valence-corrected chi connectivity index (χ2v) is 5.77. The maximum Gasteiger partial charge on any atom is 0.224 e. The number of benzene rings is 1. The molecule has 96 valence electrons. The first-order chi connectivity index (χ1) is 8.70. The van der Waals surface area contributed by atoms with Gasteiger partial charge >= 0.3 is 0 Å². The lowest BCUT2D eigenvalue weighted by atomic mass is 9.95. The fraction of sp³-hybridized carbons (Fsp3) is 0.533. The lowest BCUT2D eigenvalue weighted by Gasteiger charge is -2.22. The summed E-state index contributed by atoms with van der Waals surface area (Å²) < 4.78 is 0. The first-order valence-corrected chi connectivity index (χ1v) is 6.84. The van der Waals surface area contributed by atoms with E-state index in [0.29, 0.717) is 12.5 Å². The molecule has 0 aromatic heterocycles. The van der Waals surface area contributed by atoms with Crippen LogP contribution in [0.3, 0.4) is 0 Å². The molecule has 3 unspecified atom stereocenters. The summed E-state index contributed by atoms with van der Waals surface area (Å²) in [7, 11) is 0. The molecule has 2 saturated carbocycles. The Labute approximate surface area is 108 Å². The summed E-state index contributed by atoms with van der Waals surface area (Å²) in [6.45, 7) is 0. The number of nitrogens with two attached hydrogens (primary N) is 1. The molecule has 3 heteroatoms. The topological polar surface area (TPSA) is 55.1 Å². The first-order valence-electron chi connectivity index (χ1n) is 6.84. The van der Waals surface area contributed by atoms with Crippen molar-refractivity contribution in [2.75, 3.05) is 5.73 Å². The number of fused-ring (bicyclic) bond motifs is 2. The van der Waals surface area contributed by atoms with E-state index in [1.54, 1.807) is 0 Å². The maximum atomic E-state index is 12.0. The molecule has 3 N–H and O–H groups in total. The quantitative estimate of drug-likeness (QED) is 0.800. The number of carbonyl (C=O) groups excluding carboxylic acids is 1. The normalized spacial score (nSPS) is 29.4. The molecular formula is C15H20N2O. The minimum Gasteiger partial charge on any atom is -0.399 e. The molecule has 2 fully saturated rings. The van der Waals surface area contributed by atoms with Crippen LogP contribution in [0.15, 0.2) is 24.3 Å². The van der Waals surface area contributed by atoms with E-state index in [4.69, 9.17) is 5.73 Å². The molecule has 1 aromatic rings. The SMILES string of the molecule is Nc1cccc(CC(=O)NC2CC3CCC2C3)c1. The monoisotopic (exact) mass is 244 g/mol. The van der Waals surface area contributed by atoms with Crippen molar-refractivity contribution in [1.29, 1.82) is 0 Å². The van der Waals surface area contributed by atoms with Crippen LogP contribution >= 0.6 is 0 Å². The molecule has 1 aromatic carbocycles. The number of anilines is 1. The Hall–Kier alpha value is -1.51. The highest BCUT2D eigenvalue weighted by Gasteiger charge is 2.39. The highest BCUT2D eigenvalue weighted by Crippen LogP contribution is 2.44. The molecule has 0 heterocycles. The summed E-state index contributed by atoms with van der Waals surface area (Å²) in [5, 5.41) is 3.20. The van der Waals surface area contributed by atoms with Crippen molar-refractivity contribution < 1.29 is 4.79 Å². The van der Waals surface area contributed by atoms with Crippen LogP contribution in [-0.2, 0) is 11.2 Å². The van der Waals surface area contributed by atoms with Crippen molar-refractivity contribution >= 4 is 11.6 Å². The Bertz CT molecular complexity index is 458. The fourth-order valence-electron chi connectivity index (χ4n) is 3.57. The number of hydrogen-bond acceptors (Lipinski definition) is 2. The zero-order valence-corrected chi connectivity index (χ0v) is 10.6. The third-order valence-electron chi connectivity index (χ3n) is 4.40. The second-order valence-electron chi connectivity index (χ2n) is 5.77. The fourth-order valence-corrected chi connectivity index (χ4v) is 3.57. The molecule has 3 rings (SSSR count). The van der Waals surface area contributed by atoms with Gasteiger partial charge in [0, 0.05) is 11.7 Å². The van der Waals surface area contributed by atoms with E-state index in [2.05, 4.69) is 5.32 Å². The van der Waals surface area contributed by atoms with Gasteiger partial charge in [-0.3, -0.25) is 4.79 Å². The van der Waals surface area contributed by atoms with E-state index in [0.717, 1.165) is 23.1 Å². The number of nitrogens with one attached hydrogen (secondary N) is 1. The van der Waals surface area contributed by atoms with Crippen LogP contribution in [-0.4, -0.2) is 11.9 Å². The molecule has 3 atom stereocenters. The molecule has 2 bridgehead atoms. The van der Waals surface area contributed by atoms with Gasteiger partial charge in [-0.05, 0) is 48.8 Å². The minimum absolute atomic E-state index is 0.137. The summed E-state index contributed by atoms with van der Waals surface area (Å²) >= 11 is 0. The smallest absolute Gasteiger partial charge is 0.224 e. The van der Waals surface area contributed by atoms with Gasteiger partial charge in [0.05, 0.1) is 6.42 Å². The van der Waals surface area contributed by atoms with Crippen LogP contribution in [0.25, 0.3) is 0 Å². The summed E-state index contributed by atoms with van der Waals surface area (Å²) in [6.07, 6.45) is 5.62. The van der Waals surface area contributed by atoms with E-state index in [-0.39, 0.29) is 5.91 Å². The third kappa shape index (κ3) is 2.35. The molecule has 0 aliphatic heterocycles. The van der Waals surface area contributed by atoms with Crippen molar-refractivity contribution in [2.45, 2.75) is 38.1 Å². The second kappa shape index (κ2) is 4.63. The summed E-state index contributed by atoms with van der Waals surface area (Å²) in [4.78, 5) is 12.0. The number of nitrogen functional groups attached to an aromatic ring is 1. The Morgan fingerprint density at radius 3 is 2.89 bits per heavy atom. The van der Waals surface area contributed by atoms with Crippen LogP contribution in [0.5, 0.6) is 0 Å². The number of amides is 1. The molecular weight excluding hydrogens is 224 g/mol. The Balaban J connectivity index is 1.56. The lowest BCUT2D eigenvalue weighted by Crippen LogP contribution is -2.39. The van der Waals surface area contributed by atoms with E-state index < -0.39 is 0 Å². The molecule has 2 aliphatic rings. The number of carbonyl (C=O) groups is 1. The lowest BCUT2D eigenvalue weighted by molar-refractivity contribution is -0.121. The molecule has 3 nitrogen and oxygen atoms in total. The predicted molar refractivity (Wildman–Crippen MR) is 71.9 cm³/mol. The van der Waals surface area contributed by atoms with E-state index in [1.807, 2.05) is 24.3 Å². The van der Waals surface area contributed by atoms with Crippen molar-refractivity contribution in [3.8, 4) is 0 Å². The van der Waals surface area contributed by atoms with Crippen LogP contribution < -0.4 is 11.1 Å². The first kappa shape index (κ1) is 11.6. The largest absolute Gasteiger partial charge is 0.399 e. The van der Waals surface area contributed by atoms with E-state index >= 15 is 0 Å². The van der Waals surface area contributed by atoms with Crippen LogP contribution in [0.2, 0.25) is 0 Å². The van der Waals surface area contributed by atoms with Gasteiger partial charge in [0.25, 0.3) is 0 Å². The van der Waals surface area contributed by atoms with Crippen molar-refractivity contribution in [3.05, 3.63) is 29.8 Å². The zero-order valence-electron chi connectivity index (χ0n) is 10.6. The van der Waals surface area contributed by atoms with E-state index in [1.165, 1.54) is 25.7 Å². The van der Waals surface area contributed by atoms with Gasteiger partial charge in [0.2, 0.25) is 5.91 Å². The summed E-state index contributed by atoms with van der Waals surface area (Å²) in [5.74, 6) is 1.74. The summed E-state index contributed by atoms with van der Waals surface area (Å²) in [6, 6.07) is 8.00. The third-order valence-corrected chi connectivity index (χ3v) is 4.40. The molecule has 18 heavy (non-hydrogen) atoms. The van der Waals surface area contributed by atoms with E-state index in [9.17, 15) is 4.79 Å². The molecule has 2 aliphatic carbocycles. The van der Waals surface area contributed by atoms with Crippen molar-refractivity contribution in [1.82, 2.24) is 5.32 Å². The molecule has 0 spiro atoms. The Kier molecular flexibility index (Phi) is 2.98. The zero-order chi connectivity index (χ0) is 12.5. The van der Waals surface area contributed by atoms with Gasteiger partial charge in [0.1, 0.15) is 0 Å². The number of rotatable bonds is 3. The summed E-state index contributed by atoms with van der Waals surface area (Å²) in [5.41, 5.74) is 7.43. The van der Waals surface area contributed by atoms with Crippen LogP contribution in [0.1, 0.15) is 31.2 Å². The molecule has 0 saturated heterocycles. The molecule has 0 radical (unpaired) electrons. The average molecular weight is 244 g/mol. The van der Waals surface area contributed by atoms with Crippen molar-refractivity contribution in [3.63, 3.8) is 0 Å². The average Bonchev–Trinajstić information content (AvgIpc) is 2.90. The van der Waals surface area contributed by atoms with Gasteiger partial charge in [-0.2, -0.15) is 0 Å². The van der Waals surface area contributed by atoms with Crippen molar-refractivity contribution in [2.24, 2.45) is 11.8 Å². The molecule has 1 amide bonds. The van der Waals surface area contributed by atoms with Crippen LogP contribution in [0.4, 0.5) is 5.69 Å². The standard InChI is InChI=1S/C15H20N2O/c16-13-3-1-2-10(7-13)9-15(18)17-14-8-11-4-5-12(14)6-11/h1-3,7,11-12,14H,4-6,8-9,16H2,(H,17,18). The minimum atomic E-state index is 0.137. The predicted octanol–water partition coefficient (Wildman–Crippen LogP) is 2.12.